The highest BCUT2D eigenvalue weighted by Crippen LogP contribution is 2.30. The average molecular weight is 398 g/mol. The molecule has 138 valence electrons. The Morgan fingerprint density at radius 2 is 2.15 bits per heavy atom. The summed E-state index contributed by atoms with van der Waals surface area (Å²) >= 11 is 2.87. The standard InChI is InChI=1S/C19H19N5OS2/c1-11(2)9-24-18-13(12(3)23-24)8-16(27-18)17(25)22-19-21-15(10-26-19)14-6-4-5-7-20-14/h4-8,10-11H,9H2,1-3H3,(H,21,22,25). The van der Waals surface area contributed by atoms with Crippen LogP contribution in [-0.2, 0) is 6.54 Å². The van der Waals surface area contributed by atoms with Crippen molar-refractivity contribution in [2.75, 3.05) is 5.32 Å². The quantitative estimate of drug-likeness (QED) is 0.523. The van der Waals surface area contributed by atoms with E-state index >= 15 is 0 Å². The van der Waals surface area contributed by atoms with Gasteiger partial charge in [-0.3, -0.25) is 19.8 Å². The molecule has 0 saturated carbocycles. The van der Waals surface area contributed by atoms with Crippen LogP contribution in [0.5, 0.6) is 0 Å². The Morgan fingerprint density at radius 3 is 2.89 bits per heavy atom. The second-order valence-corrected chi connectivity index (χ2v) is 8.59. The third kappa shape index (κ3) is 3.63. The molecule has 0 saturated heterocycles. The predicted molar refractivity (Wildman–Crippen MR) is 110 cm³/mol. The monoisotopic (exact) mass is 397 g/mol. The first kappa shape index (κ1) is 17.8. The molecule has 0 radical (unpaired) electrons. The minimum Gasteiger partial charge on any atom is -0.297 e. The van der Waals surface area contributed by atoms with Crippen molar-refractivity contribution in [2.24, 2.45) is 5.92 Å². The summed E-state index contributed by atoms with van der Waals surface area (Å²) in [5.41, 5.74) is 2.50. The highest BCUT2D eigenvalue weighted by molar-refractivity contribution is 7.20. The number of thiazole rings is 1. The molecular formula is C19H19N5OS2. The molecule has 1 amide bonds. The summed E-state index contributed by atoms with van der Waals surface area (Å²) in [6.07, 6.45) is 1.73. The fraction of sp³-hybridized carbons (Fsp3) is 0.263. The fourth-order valence-corrected chi connectivity index (χ4v) is 4.58. The lowest BCUT2D eigenvalue weighted by atomic mass is 10.2. The number of hydrogen-bond acceptors (Lipinski definition) is 6. The molecule has 0 aliphatic heterocycles. The number of anilines is 1. The number of fused-ring (bicyclic) bond motifs is 1. The van der Waals surface area contributed by atoms with Crippen molar-refractivity contribution in [2.45, 2.75) is 27.3 Å². The summed E-state index contributed by atoms with van der Waals surface area (Å²) in [5.74, 6) is 0.348. The summed E-state index contributed by atoms with van der Waals surface area (Å²) in [6, 6.07) is 7.60. The van der Waals surface area contributed by atoms with Crippen molar-refractivity contribution < 1.29 is 4.79 Å². The number of hydrogen-bond donors (Lipinski definition) is 1. The zero-order valence-electron chi connectivity index (χ0n) is 15.3. The minimum absolute atomic E-state index is 0.145. The number of carbonyl (C=O) groups is 1. The SMILES string of the molecule is Cc1nn(CC(C)C)c2sc(C(=O)Nc3nc(-c4ccccn4)cs3)cc12. The second kappa shape index (κ2) is 7.21. The van der Waals surface area contributed by atoms with Gasteiger partial charge in [-0.05, 0) is 31.0 Å². The second-order valence-electron chi connectivity index (χ2n) is 6.70. The van der Waals surface area contributed by atoms with Gasteiger partial charge in [0.2, 0.25) is 0 Å². The molecule has 0 aliphatic carbocycles. The molecule has 4 aromatic rings. The number of aromatic nitrogens is 4. The van der Waals surface area contributed by atoms with Gasteiger partial charge in [-0.1, -0.05) is 19.9 Å². The summed E-state index contributed by atoms with van der Waals surface area (Å²) in [6.45, 7) is 7.14. The summed E-state index contributed by atoms with van der Waals surface area (Å²) in [4.78, 5) is 23.2. The number of carbonyl (C=O) groups excluding carboxylic acids is 1. The lowest BCUT2D eigenvalue weighted by Crippen LogP contribution is -2.10. The summed E-state index contributed by atoms with van der Waals surface area (Å²) < 4.78 is 2.00. The number of amides is 1. The zero-order valence-corrected chi connectivity index (χ0v) is 16.9. The number of nitrogens with one attached hydrogen (secondary N) is 1. The van der Waals surface area contributed by atoms with Gasteiger partial charge >= 0.3 is 0 Å². The van der Waals surface area contributed by atoms with Gasteiger partial charge in [0, 0.05) is 23.5 Å². The Morgan fingerprint density at radius 1 is 1.30 bits per heavy atom. The first-order chi connectivity index (χ1) is 13.0. The molecule has 4 heterocycles. The molecule has 0 bridgehead atoms. The van der Waals surface area contributed by atoms with Crippen LogP contribution in [0.3, 0.4) is 0 Å². The van der Waals surface area contributed by atoms with E-state index in [2.05, 4.69) is 34.2 Å². The van der Waals surface area contributed by atoms with Crippen molar-refractivity contribution in [3.05, 3.63) is 46.4 Å². The molecule has 0 aromatic carbocycles. The molecule has 4 aromatic heterocycles. The Bertz CT molecular complexity index is 1090. The van der Waals surface area contributed by atoms with E-state index < -0.39 is 0 Å². The van der Waals surface area contributed by atoms with E-state index in [4.69, 9.17) is 0 Å². The maximum absolute atomic E-state index is 12.7. The smallest absolute Gasteiger partial charge is 0.267 e. The number of thiophene rings is 1. The van der Waals surface area contributed by atoms with Crippen LogP contribution in [0.25, 0.3) is 21.6 Å². The number of nitrogens with zero attached hydrogens (tertiary/aromatic N) is 4. The van der Waals surface area contributed by atoms with Crippen molar-refractivity contribution >= 4 is 43.9 Å². The van der Waals surface area contributed by atoms with Gasteiger partial charge in [0.15, 0.2) is 5.13 Å². The highest BCUT2D eigenvalue weighted by atomic mass is 32.1. The molecule has 1 N–H and O–H groups in total. The Labute approximate surface area is 164 Å². The van der Waals surface area contributed by atoms with Crippen molar-refractivity contribution in [3.63, 3.8) is 0 Å². The summed E-state index contributed by atoms with van der Waals surface area (Å²) in [7, 11) is 0. The van der Waals surface area contributed by atoms with E-state index in [-0.39, 0.29) is 5.91 Å². The lowest BCUT2D eigenvalue weighted by molar-refractivity contribution is 0.103. The van der Waals surface area contributed by atoms with E-state index in [1.165, 1.54) is 22.7 Å². The van der Waals surface area contributed by atoms with Crippen LogP contribution >= 0.6 is 22.7 Å². The van der Waals surface area contributed by atoms with Crippen LogP contribution in [-0.4, -0.2) is 25.7 Å². The van der Waals surface area contributed by atoms with Crippen LogP contribution in [0.1, 0.15) is 29.2 Å². The van der Waals surface area contributed by atoms with Crippen LogP contribution in [0, 0.1) is 12.8 Å². The molecular weight excluding hydrogens is 378 g/mol. The molecule has 8 heteroatoms. The molecule has 0 fully saturated rings. The molecule has 0 spiro atoms. The van der Waals surface area contributed by atoms with E-state index in [9.17, 15) is 4.79 Å². The highest BCUT2D eigenvalue weighted by Gasteiger charge is 2.18. The maximum atomic E-state index is 12.7. The van der Waals surface area contributed by atoms with Gasteiger partial charge in [0.25, 0.3) is 5.91 Å². The van der Waals surface area contributed by atoms with Crippen LogP contribution in [0.2, 0.25) is 0 Å². The topological polar surface area (TPSA) is 72.7 Å². The normalized spacial score (nSPS) is 11.4. The van der Waals surface area contributed by atoms with Crippen molar-refractivity contribution in [1.29, 1.82) is 0 Å². The van der Waals surface area contributed by atoms with Crippen molar-refractivity contribution in [1.82, 2.24) is 19.7 Å². The van der Waals surface area contributed by atoms with Gasteiger partial charge in [0.05, 0.1) is 16.3 Å². The van der Waals surface area contributed by atoms with Gasteiger partial charge in [-0.2, -0.15) is 5.10 Å². The van der Waals surface area contributed by atoms with E-state index in [0.717, 1.165) is 33.8 Å². The first-order valence-corrected chi connectivity index (χ1v) is 10.4. The molecule has 0 unspecified atom stereocenters. The van der Waals surface area contributed by atoms with Crippen LogP contribution in [0.4, 0.5) is 5.13 Å². The largest absolute Gasteiger partial charge is 0.297 e. The van der Waals surface area contributed by atoms with Gasteiger partial charge in [0.1, 0.15) is 10.5 Å². The zero-order chi connectivity index (χ0) is 19.0. The molecule has 4 rings (SSSR count). The Kier molecular flexibility index (Phi) is 4.75. The molecule has 27 heavy (non-hydrogen) atoms. The lowest BCUT2D eigenvalue weighted by Gasteiger charge is -2.04. The maximum Gasteiger partial charge on any atom is 0.267 e. The number of aryl methyl sites for hydroxylation is 1. The van der Waals surface area contributed by atoms with Gasteiger partial charge < -0.3 is 0 Å². The fourth-order valence-electron chi connectivity index (χ4n) is 2.82. The summed E-state index contributed by atoms with van der Waals surface area (Å²) in [5, 5.41) is 11.0. The molecule has 6 nitrogen and oxygen atoms in total. The van der Waals surface area contributed by atoms with Crippen LogP contribution in [0.15, 0.2) is 35.8 Å². The van der Waals surface area contributed by atoms with E-state index in [1.54, 1.807) is 6.20 Å². The molecule has 0 aliphatic rings. The predicted octanol–water partition coefficient (Wildman–Crippen LogP) is 4.83. The van der Waals surface area contributed by atoms with E-state index in [1.807, 2.05) is 41.3 Å². The molecule has 0 atom stereocenters. The number of pyridine rings is 1. The Balaban J connectivity index is 1.56. The number of rotatable bonds is 5. The first-order valence-electron chi connectivity index (χ1n) is 8.66. The minimum atomic E-state index is -0.145. The Hall–Kier alpha value is -2.58. The van der Waals surface area contributed by atoms with Gasteiger partial charge in [-0.15, -0.1) is 22.7 Å². The van der Waals surface area contributed by atoms with E-state index in [0.29, 0.717) is 15.9 Å². The van der Waals surface area contributed by atoms with Crippen molar-refractivity contribution in [3.8, 4) is 11.4 Å². The van der Waals surface area contributed by atoms with Gasteiger partial charge in [-0.25, -0.2) is 4.98 Å². The van der Waals surface area contributed by atoms with Crippen LogP contribution < -0.4 is 5.32 Å². The third-order valence-corrected chi connectivity index (χ3v) is 5.93. The third-order valence-electron chi connectivity index (χ3n) is 4.02. The average Bonchev–Trinajstić information content (AvgIpc) is 3.34.